The summed E-state index contributed by atoms with van der Waals surface area (Å²) < 4.78 is 5.86. The van der Waals surface area contributed by atoms with Crippen molar-refractivity contribution < 1.29 is 4.74 Å². The Labute approximate surface area is 122 Å². The van der Waals surface area contributed by atoms with E-state index in [9.17, 15) is 0 Å². The Kier molecular flexibility index (Phi) is 4.96. The molecule has 0 saturated heterocycles. The number of hydrogen-bond donors (Lipinski definition) is 1. The van der Waals surface area contributed by atoms with E-state index in [0.717, 1.165) is 24.8 Å². The molecule has 0 bridgehead atoms. The number of ether oxygens (including phenoxy) is 1. The standard InChI is InChI=1S/C18H27NO/c1-2-5-15(6-3-1)14-19-11-12-20-18-10-9-16-7-4-8-17(16)13-18/h9-10,13,15,19H,1-8,11-12,14H2. The van der Waals surface area contributed by atoms with Gasteiger partial charge in [-0.15, -0.1) is 0 Å². The SMILES string of the molecule is c1cc2c(cc1OCCNCC1CCCCC1)CCC2. The van der Waals surface area contributed by atoms with E-state index in [1.807, 2.05) is 0 Å². The van der Waals surface area contributed by atoms with Gasteiger partial charge < -0.3 is 10.1 Å². The van der Waals surface area contributed by atoms with Crippen LogP contribution in [0.1, 0.15) is 49.7 Å². The number of rotatable bonds is 6. The van der Waals surface area contributed by atoms with Gasteiger partial charge in [0.1, 0.15) is 12.4 Å². The van der Waals surface area contributed by atoms with Gasteiger partial charge in [-0.25, -0.2) is 0 Å². The fourth-order valence-corrected chi connectivity index (χ4v) is 3.58. The number of benzene rings is 1. The quantitative estimate of drug-likeness (QED) is 0.798. The second kappa shape index (κ2) is 7.12. The highest BCUT2D eigenvalue weighted by molar-refractivity contribution is 5.38. The summed E-state index contributed by atoms with van der Waals surface area (Å²) in [5.74, 6) is 1.95. The maximum absolute atomic E-state index is 5.86. The van der Waals surface area contributed by atoms with Gasteiger partial charge in [0.2, 0.25) is 0 Å². The number of aryl methyl sites for hydroxylation is 2. The van der Waals surface area contributed by atoms with E-state index in [4.69, 9.17) is 4.74 Å². The van der Waals surface area contributed by atoms with E-state index in [0.29, 0.717) is 0 Å². The molecule has 0 amide bonds. The summed E-state index contributed by atoms with van der Waals surface area (Å²) in [6, 6.07) is 6.61. The zero-order chi connectivity index (χ0) is 13.6. The first-order valence-electron chi connectivity index (χ1n) is 8.37. The molecule has 0 unspecified atom stereocenters. The summed E-state index contributed by atoms with van der Waals surface area (Å²) in [6.07, 6.45) is 10.9. The van der Waals surface area contributed by atoms with Crippen LogP contribution in [0.3, 0.4) is 0 Å². The van der Waals surface area contributed by atoms with Crippen LogP contribution in [0.4, 0.5) is 0 Å². The van der Waals surface area contributed by atoms with E-state index < -0.39 is 0 Å². The van der Waals surface area contributed by atoms with Gasteiger partial charge in [-0.05, 0) is 67.8 Å². The predicted octanol–water partition coefficient (Wildman–Crippen LogP) is 3.72. The minimum Gasteiger partial charge on any atom is -0.492 e. The average molecular weight is 273 g/mol. The van der Waals surface area contributed by atoms with E-state index in [-0.39, 0.29) is 0 Å². The molecule has 20 heavy (non-hydrogen) atoms. The van der Waals surface area contributed by atoms with Gasteiger partial charge in [0.05, 0.1) is 0 Å². The van der Waals surface area contributed by atoms with Gasteiger partial charge in [0, 0.05) is 6.54 Å². The zero-order valence-corrected chi connectivity index (χ0v) is 12.5. The van der Waals surface area contributed by atoms with Crippen molar-refractivity contribution in [2.45, 2.75) is 51.4 Å². The second-order valence-electron chi connectivity index (χ2n) is 6.34. The number of hydrogen-bond acceptors (Lipinski definition) is 2. The highest BCUT2D eigenvalue weighted by Crippen LogP contribution is 2.26. The van der Waals surface area contributed by atoms with Gasteiger partial charge in [-0.2, -0.15) is 0 Å². The van der Waals surface area contributed by atoms with Crippen LogP contribution in [0, 0.1) is 5.92 Å². The maximum Gasteiger partial charge on any atom is 0.119 e. The molecule has 1 fully saturated rings. The van der Waals surface area contributed by atoms with Crippen LogP contribution in [0.5, 0.6) is 5.75 Å². The van der Waals surface area contributed by atoms with Crippen LogP contribution < -0.4 is 10.1 Å². The van der Waals surface area contributed by atoms with Crippen molar-refractivity contribution >= 4 is 0 Å². The van der Waals surface area contributed by atoms with Crippen molar-refractivity contribution in [3.63, 3.8) is 0 Å². The lowest BCUT2D eigenvalue weighted by atomic mass is 9.89. The molecule has 1 saturated carbocycles. The highest BCUT2D eigenvalue weighted by Gasteiger charge is 2.13. The molecule has 2 aliphatic rings. The van der Waals surface area contributed by atoms with Crippen LogP contribution in [0.25, 0.3) is 0 Å². The smallest absolute Gasteiger partial charge is 0.119 e. The Balaban J connectivity index is 1.33. The summed E-state index contributed by atoms with van der Waals surface area (Å²) in [5, 5.41) is 3.55. The molecule has 2 aliphatic carbocycles. The van der Waals surface area contributed by atoms with Gasteiger partial charge >= 0.3 is 0 Å². The molecular formula is C18H27NO. The maximum atomic E-state index is 5.86. The normalized spacial score (nSPS) is 19.0. The Bertz CT molecular complexity index is 423. The molecule has 0 spiro atoms. The lowest BCUT2D eigenvalue weighted by molar-refractivity contribution is 0.294. The third-order valence-electron chi connectivity index (χ3n) is 4.78. The zero-order valence-electron chi connectivity index (χ0n) is 12.5. The van der Waals surface area contributed by atoms with Crippen molar-refractivity contribution in [2.75, 3.05) is 19.7 Å². The molecule has 0 aliphatic heterocycles. The van der Waals surface area contributed by atoms with Gasteiger partial charge in [0.25, 0.3) is 0 Å². The van der Waals surface area contributed by atoms with Gasteiger partial charge in [-0.3, -0.25) is 0 Å². The van der Waals surface area contributed by atoms with Crippen LogP contribution in [0.2, 0.25) is 0 Å². The van der Waals surface area contributed by atoms with Crippen LogP contribution >= 0.6 is 0 Å². The highest BCUT2D eigenvalue weighted by atomic mass is 16.5. The Hall–Kier alpha value is -1.02. The van der Waals surface area contributed by atoms with E-state index in [1.165, 1.54) is 69.0 Å². The third kappa shape index (κ3) is 3.76. The molecule has 2 nitrogen and oxygen atoms in total. The lowest BCUT2D eigenvalue weighted by Crippen LogP contribution is -2.28. The molecule has 110 valence electrons. The molecule has 0 heterocycles. The molecule has 0 atom stereocenters. The first-order chi connectivity index (χ1) is 9.92. The van der Waals surface area contributed by atoms with Crippen LogP contribution in [0.15, 0.2) is 18.2 Å². The Morgan fingerprint density at radius 3 is 2.75 bits per heavy atom. The molecule has 1 N–H and O–H groups in total. The first kappa shape index (κ1) is 13.9. The predicted molar refractivity (Wildman–Crippen MR) is 83.4 cm³/mol. The number of fused-ring (bicyclic) bond motifs is 1. The average Bonchev–Trinajstić information content (AvgIpc) is 2.95. The van der Waals surface area contributed by atoms with Gasteiger partial charge in [-0.1, -0.05) is 25.3 Å². The molecule has 2 heteroatoms. The fourth-order valence-electron chi connectivity index (χ4n) is 3.58. The summed E-state index contributed by atoms with van der Waals surface area (Å²) in [4.78, 5) is 0. The largest absolute Gasteiger partial charge is 0.492 e. The Morgan fingerprint density at radius 1 is 1.00 bits per heavy atom. The molecule has 3 rings (SSSR count). The third-order valence-corrected chi connectivity index (χ3v) is 4.78. The van der Waals surface area contributed by atoms with E-state index >= 15 is 0 Å². The second-order valence-corrected chi connectivity index (χ2v) is 6.34. The van der Waals surface area contributed by atoms with Gasteiger partial charge in [0.15, 0.2) is 0 Å². The summed E-state index contributed by atoms with van der Waals surface area (Å²) in [6.45, 7) is 2.92. The summed E-state index contributed by atoms with van der Waals surface area (Å²) in [7, 11) is 0. The molecular weight excluding hydrogens is 246 g/mol. The topological polar surface area (TPSA) is 21.3 Å². The lowest BCUT2D eigenvalue weighted by Gasteiger charge is -2.21. The monoisotopic (exact) mass is 273 g/mol. The van der Waals surface area contributed by atoms with Crippen molar-refractivity contribution in [1.82, 2.24) is 5.32 Å². The Morgan fingerprint density at radius 2 is 1.85 bits per heavy atom. The molecule has 0 aromatic heterocycles. The van der Waals surface area contributed by atoms with E-state index in [2.05, 4.69) is 23.5 Å². The van der Waals surface area contributed by atoms with Crippen molar-refractivity contribution in [3.8, 4) is 5.75 Å². The summed E-state index contributed by atoms with van der Waals surface area (Å²) >= 11 is 0. The van der Waals surface area contributed by atoms with Crippen LogP contribution in [-0.2, 0) is 12.8 Å². The molecule has 1 aromatic rings. The minimum atomic E-state index is 0.783. The van der Waals surface area contributed by atoms with Crippen LogP contribution in [-0.4, -0.2) is 19.7 Å². The van der Waals surface area contributed by atoms with E-state index in [1.54, 1.807) is 0 Å². The molecule has 0 radical (unpaired) electrons. The molecule has 1 aromatic carbocycles. The van der Waals surface area contributed by atoms with Crippen molar-refractivity contribution in [3.05, 3.63) is 29.3 Å². The number of nitrogens with one attached hydrogen (secondary N) is 1. The van der Waals surface area contributed by atoms with Crippen molar-refractivity contribution in [2.24, 2.45) is 5.92 Å². The summed E-state index contributed by atoms with van der Waals surface area (Å²) in [5.41, 5.74) is 3.02. The fraction of sp³-hybridized carbons (Fsp3) is 0.667. The first-order valence-corrected chi connectivity index (χ1v) is 8.37. The minimum absolute atomic E-state index is 0.783. The van der Waals surface area contributed by atoms with Crippen molar-refractivity contribution in [1.29, 1.82) is 0 Å².